The molecule has 1 atom stereocenters. The molecule has 8 heteroatoms. The van der Waals surface area contributed by atoms with Gasteiger partial charge in [-0.1, -0.05) is 35.9 Å². The summed E-state index contributed by atoms with van der Waals surface area (Å²) in [6.07, 6.45) is -0.179. The monoisotopic (exact) mass is 403 g/mol. The van der Waals surface area contributed by atoms with Crippen molar-refractivity contribution in [2.24, 2.45) is 5.73 Å². The molecule has 0 unspecified atom stereocenters. The fourth-order valence-electron chi connectivity index (χ4n) is 2.56. The van der Waals surface area contributed by atoms with E-state index in [0.29, 0.717) is 16.3 Å². The molecule has 0 saturated heterocycles. The number of rotatable bonds is 7. The topological polar surface area (TPSA) is 111 Å². The molecule has 2 aromatic rings. The first kappa shape index (κ1) is 21.2. The Morgan fingerprint density at radius 1 is 1.11 bits per heavy atom. The summed E-state index contributed by atoms with van der Waals surface area (Å²) in [5, 5.41) is 5.71. The molecule has 0 heterocycles. The molecule has 0 aliphatic carbocycles. The Labute approximate surface area is 168 Å². The molecule has 0 radical (unpaired) electrons. The van der Waals surface area contributed by atoms with Crippen LogP contribution in [0, 0.1) is 13.8 Å². The molecule has 0 fully saturated rings. The first-order chi connectivity index (χ1) is 13.3. The van der Waals surface area contributed by atoms with Gasteiger partial charge in [0.1, 0.15) is 0 Å². The molecule has 0 aliphatic heterocycles. The van der Waals surface area contributed by atoms with Gasteiger partial charge in [0.2, 0.25) is 0 Å². The van der Waals surface area contributed by atoms with Crippen LogP contribution >= 0.6 is 11.6 Å². The lowest BCUT2D eigenvalue weighted by molar-refractivity contribution is -0.147. The number of carbonyl (C=O) groups is 3. The molecule has 148 valence electrons. The number of primary amides is 1. The number of anilines is 1. The van der Waals surface area contributed by atoms with Crippen molar-refractivity contribution in [1.82, 2.24) is 5.32 Å². The standard InChI is InChI=1S/C20H22ClN3O4/c1-12-4-3-5-16(13(12)2)23-18(25)11-28-19(26)10-17(24-20(22)27)14-6-8-15(21)9-7-14/h3-9,17H,10-11H2,1-2H3,(H,23,25)(H3,22,24,27)/t17-/m1/s1. The first-order valence-corrected chi connectivity index (χ1v) is 8.97. The molecule has 3 amide bonds. The van der Waals surface area contributed by atoms with Crippen molar-refractivity contribution < 1.29 is 19.1 Å². The second-order valence-electron chi connectivity index (χ2n) is 6.27. The molecule has 2 rings (SSSR count). The van der Waals surface area contributed by atoms with E-state index in [4.69, 9.17) is 22.1 Å². The number of benzene rings is 2. The van der Waals surface area contributed by atoms with E-state index in [2.05, 4.69) is 10.6 Å². The highest BCUT2D eigenvalue weighted by Crippen LogP contribution is 2.20. The number of nitrogens with one attached hydrogen (secondary N) is 2. The van der Waals surface area contributed by atoms with E-state index in [0.717, 1.165) is 11.1 Å². The number of ether oxygens (including phenoxy) is 1. The number of halogens is 1. The molecule has 0 aliphatic rings. The van der Waals surface area contributed by atoms with Crippen LogP contribution in [-0.4, -0.2) is 24.5 Å². The molecule has 0 aromatic heterocycles. The largest absolute Gasteiger partial charge is 0.455 e. The van der Waals surface area contributed by atoms with Gasteiger partial charge < -0.3 is 21.1 Å². The van der Waals surface area contributed by atoms with Gasteiger partial charge in [0.25, 0.3) is 5.91 Å². The third-order valence-electron chi connectivity index (χ3n) is 4.20. The Balaban J connectivity index is 1.93. The summed E-state index contributed by atoms with van der Waals surface area (Å²) in [4.78, 5) is 35.4. The Hall–Kier alpha value is -3.06. The van der Waals surface area contributed by atoms with Crippen molar-refractivity contribution in [1.29, 1.82) is 0 Å². The van der Waals surface area contributed by atoms with Gasteiger partial charge in [-0.3, -0.25) is 9.59 Å². The van der Waals surface area contributed by atoms with Crippen molar-refractivity contribution in [3.63, 3.8) is 0 Å². The minimum absolute atomic E-state index is 0.179. The maximum absolute atomic E-state index is 12.1. The van der Waals surface area contributed by atoms with Gasteiger partial charge in [-0.25, -0.2) is 4.79 Å². The predicted octanol–water partition coefficient (Wildman–Crippen LogP) is 3.24. The maximum Gasteiger partial charge on any atom is 0.312 e. The van der Waals surface area contributed by atoms with E-state index >= 15 is 0 Å². The van der Waals surface area contributed by atoms with Gasteiger partial charge in [0.05, 0.1) is 12.5 Å². The van der Waals surface area contributed by atoms with Gasteiger partial charge in [-0.05, 0) is 48.7 Å². The summed E-state index contributed by atoms with van der Waals surface area (Å²) >= 11 is 5.85. The maximum atomic E-state index is 12.1. The first-order valence-electron chi connectivity index (χ1n) is 8.59. The van der Waals surface area contributed by atoms with Crippen LogP contribution in [0.3, 0.4) is 0 Å². The summed E-state index contributed by atoms with van der Waals surface area (Å²) in [7, 11) is 0. The molecular weight excluding hydrogens is 382 g/mol. The molecule has 7 nitrogen and oxygen atoms in total. The van der Waals surface area contributed by atoms with Gasteiger partial charge in [-0.15, -0.1) is 0 Å². The summed E-state index contributed by atoms with van der Waals surface area (Å²) in [5.74, 6) is -1.10. The number of carbonyl (C=O) groups excluding carboxylic acids is 3. The van der Waals surface area contributed by atoms with Crippen LogP contribution in [-0.2, 0) is 14.3 Å². The lowest BCUT2D eigenvalue weighted by Gasteiger charge is -2.17. The van der Waals surface area contributed by atoms with Crippen LogP contribution < -0.4 is 16.4 Å². The number of aryl methyl sites for hydroxylation is 1. The van der Waals surface area contributed by atoms with Gasteiger partial charge in [-0.2, -0.15) is 0 Å². The summed E-state index contributed by atoms with van der Waals surface area (Å²) in [5.41, 5.74) is 8.46. The predicted molar refractivity (Wildman–Crippen MR) is 107 cm³/mol. The Morgan fingerprint density at radius 3 is 2.43 bits per heavy atom. The fourth-order valence-corrected chi connectivity index (χ4v) is 2.69. The Morgan fingerprint density at radius 2 is 1.79 bits per heavy atom. The van der Waals surface area contributed by atoms with E-state index in [-0.39, 0.29) is 6.42 Å². The number of nitrogens with two attached hydrogens (primary N) is 1. The Kier molecular flexibility index (Phi) is 7.40. The van der Waals surface area contributed by atoms with Crippen molar-refractivity contribution in [3.8, 4) is 0 Å². The zero-order valence-corrected chi connectivity index (χ0v) is 16.4. The minimum atomic E-state index is -0.777. The quantitative estimate of drug-likeness (QED) is 0.616. The second kappa shape index (κ2) is 9.75. The average molecular weight is 404 g/mol. The summed E-state index contributed by atoms with van der Waals surface area (Å²) < 4.78 is 5.03. The van der Waals surface area contributed by atoms with E-state index in [1.54, 1.807) is 30.3 Å². The zero-order chi connectivity index (χ0) is 20.7. The molecule has 0 bridgehead atoms. The minimum Gasteiger partial charge on any atom is -0.455 e. The normalized spacial score (nSPS) is 11.4. The van der Waals surface area contributed by atoms with Gasteiger partial charge in [0.15, 0.2) is 6.61 Å². The molecule has 0 spiro atoms. The van der Waals surface area contributed by atoms with Crippen LogP contribution in [0.15, 0.2) is 42.5 Å². The number of esters is 1. The average Bonchev–Trinajstić information content (AvgIpc) is 2.63. The lowest BCUT2D eigenvalue weighted by atomic mass is 10.0. The van der Waals surface area contributed by atoms with Gasteiger partial charge in [0, 0.05) is 10.7 Å². The molecule has 2 aromatic carbocycles. The van der Waals surface area contributed by atoms with Gasteiger partial charge >= 0.3 is 12.0 Å². The van der Waals surface area contributed by atoms with Crippen LogP contribution in [0.4, 0.5) is 10.5 Å². The third kappa shape index (κ3) is 6.28. The SMILES string of the molecule is Cc1cccc(NC(=O)COC(=O)C[C@@H](NC(N)=O)c2ccc(Cl)cc2)c1C. The van der Waals surface area contributed by atoms with E-state index in [1.165, 1.54) is 0 Å². The van der Waals surface area contributed by atoms with Crippen LogP contribution in [0.1, 0.15) is 29.2 Å². The number of urea groups is 1. The second-order valence-corrected chi connectivity index (χ2v) is 6.71. The number of hydrogen-bond donors (Lipinski definition) is 3. The summed E-state index contributed by atoms with van der Waals surface area (Å²) in [6, 6.07) is 10.7. The van der Waals surface area contributed by atoms with Crippen molar-refractivity contribution in [3.05, 3.63) is 64.2 Å². The lowest BCUT2D eigenvalue weighted by Crippen LogP contribution is -2.35. The van der Waals surface area contributed by atoms with Crippen molar-refractivity contribution in [2.45, 2.75) is 26.3 Å². The molecule has 4 N–H and O–H groups in total. The van der Waals surface area contributed by atoms with Crippen molar-refractivity contribution in [2.75, 3.05) is 11.9 Å². The summed E-state index contributed by atoms with van der Waals surface area (Å²) in [6.45, 7) is 3.40. The highest BCUT2D eigenvalue weighted by atomic mass is 35.5. The smallest absolute Gasteiger partial charge is 0.312 e. The highest BCUT2D eigenvalue weighted by molar-refractivity contribution is 6.30. The molecule has 0 saturated carbocycles. The van der Waals surface area contributed by atoms with Crippen LogP contribution in [0.5, 0.6) is 0 Å². The number of amides is 3. The zero-order valence-electron chi connectivity index (χ0n) is 15.6. The third-order valence-corrected chi connectivity index (χ3v) is 4.45. The molecular formula is C20H22ClN3O4. The fraction of sp³-hybridized carbons (Fsp3) is 0.250. The Bertz CT molecular complexity index is 868. The van der Waals surface area contributed by atoms with E-state index < -0.39 is 30.6 Å². The highest BCUT2D eigenvalue weighted by Gasteiger charge is 2.19. The van der Waals surface area contributed by atoms with Crippen LogP contribution in [0.25, 0.3) is 0 Å². The molecule has 28 heavy (non-hydrogen) atoms. The van der Waals surface area contributed by atoms with E-state index in [9.17, 15) is 14.4 Å². The van der Waals surface area contributed by atoms with Crippen LogP contribution in [0.2, 0.25) is 5.02 Å². The van der Waals surface area contributed by atoms with E-state index in [1.807, 2.05) is 26.0 Å². The van der Waals surface area contributed by atoms with Crippen molar-refractivity contribution >= 4 is 35.2 Å². The number of hydrogen-bond acceptors (Lipinski definition) is 4.